The van der Waals surface area contributed by atoms with E-state index in [0.29, 0.717) is 9.23 Å². The summed E-state index contributed by atoms with van der Waals surface area (Å²) in [6.07, 6.45) is 1.76. The lowest BCUT2D eigenvalue weighted by Gasteiger charge is -2.14. The predicted molar refractivity (Wildman–Crippen MR) is 120 cm³/mol. The van der Waals surface area contributed by atoms with Gasteiger partial charge in [-0.25, -0.2) is 4.79 Å². The fourth-order valence-electron chi connectivity index (χ4n) is 3.08. The number of carbonyl (C=O) groups excluding carboxylic acids is 1. The third kappa shape index (κ3) is 3.87. The molecule has 1 aromatic heterocycles. The molecule has 1 fully saturated rings. The zero-order chi connectivity index (χ0) is 20.5. The van der Waals surface area contributed by atoms with E-state index < -0.39 is 5.97 Å². The van der Waals surface area contributed by atoms with Crippen molar-refractivity contribution in [3.05, 3.63) is 82.4 Å². The van der Waals surface area contributed by atoms with Gasteiger partial charge in [-0.3, -0.25) is 9.69 Å². The fourth-order valence-corrected chi connectivity index (χ4v) is 4.37. The molecule has 2 N–H and O–H groups in total. The van der Waals surface area contributed by atoms with Crippen molar-refractivity contribution in [2.45, 2.75) is 6.92 Å². The molecule has 29 heavy (non-hydrogen) atoms. The Hall–Kier alpha value is -3.16. The summed E-state index contributed by atoms with van der Waals surface area (Å²) >= 11 is 6.68. The Morgan fingerprint density at radius 1 is 1.14 bits per heavy atom. The summed E-state index contributed by atoms with van der Waals surface area (Å²) in [4.78, 5) is 29.4. The Morgan fingerprint density at radius 3 is 2.69 bits per heavy atom. The molecule has 0 aliphatic carbocycles. The average Bonchev–Trinajstić information content (AvgIpc) is 3.26. The van der Waals surface area contributed by atoms with E-state index in [2.05, 4.69) is 4.98 Å². The number of benzene rings is 2. The van der Waals surface area contributed by atoms with Crippen LogP contribution in [-0.4, -0.2) is 26.3 Å². The minimum atomic E-state index is -0.974. The number of aromatic carboxylic acids is 1. The largest absolute Gasteiger partial charge is 0.478 e. The number of thiocarbonyl (C=S) groups is 1. The maximum atomic E-state index is 12.9. The molecule has 3 aromatic rings. The second-order valence-electron chi connectivity index (χ2n) is 6.57. The Kier molecular flexibility index (Phi) is 5.08. The van der Waals surface area contributed by atoms with Crippen molar-refractivity contribution in [3.8, 4) is 11.3 Å². The molecule has 0 spiro atoms. The lowest BCUT2D eigenvalue weighted by Crippen LogP contribution is -2.27. The highest BCUT2D eigenvalue weighted by molar-refractivity contribution is 8.27. The number of amides is 1. The van der Waals surface area contributed by atoms with Gasteiger partial charge in [-0.1, -0.05) is 48.2 Å². The maximum absolute atomic E-state index is 12.9. The summed E-state index contributed by atoms with van der Waals surface area (Å²) in [5, 5.41) is 9.16. The van der Waals surface area contributed by atoms with Crippen molar-refractivity contribution in [2.24, 2.45) is 0 Å². The normalized spacial score (nSPS) is 15.3. The number of carbonyl (C=O) groups is 2. The number of carboxylic acid groups (broad SMARTS) is 1. The van der Waals surface area contributed by atoms with Crippen LogP contribution in [-0.2, 0) is 4.79 Å². The van der Waals surface area contributed by atoms with Crippen LogP contribution < -0.4 is 4.90 Å². The van der Waals surface area contributed by atoms with Crippen molar-refractivity contribution in [2.75, 3.05) is 4.90 Å². The monoisotopic (exact) mass is 420 g/mol. The number of aromatic nitrogens is 1. The Balaban J connectivity index is 1.61. The number of nitrogens with one attached hydrogen (secondary N) is 1. The second kappa shape index (κ2) is 7.69. The lowest BCUT2D eigenvalue weighted by atomic mass is 10.1. The average molecular weight is 421 g/mol. The molecule has 7 heteroatoms. The van der Waals surface area contributed by atoms with E-state index in [1.54, 1.807) is 29.2 Å². The van der Waals surface area contributed by atoms with Gasteiger partial charge in [0.1, 0.15) is 0 Å². The van der Waals surface area contributed by atoms with Crippen LogP contribution in [0.25, 0.3) is 17.3 Å². The molecule has 2 heterocycles. The highest BCUT2D eigenvalue weighted by Gasteiger charge is 2.33. The lowest BCUT2D eigenvalue weighted by molar-refractivity contribution is -0.113. The first-order chi connectivity index (χ1) is 13.9. The number of hydrogen-bond donors (Lipinski definition) is 2. The van der Waals surface area contributed by atoms with E-state index in [1.165, 1.54) is 11.8 Å². The van der Waals surface area contributed by atoms with Gasteiger partial charge in [0.25, 0.3) is 5.91 Å². The van der Waals surface area contributed by atoms with Crippen molar-refractivity contribution < 1.29 is 14.7 Å². The minimum Gasteiger partial charge on any atom is -0.478 e. The highest BCUT2D eigenvalue weighted by Crippen LogP contribution is 2.36. The van der Waals surface area contributed by atoms with Crippen LogP contribution in [0.3, 0.4) is 0 Å². The molecule has 4 rings (SSSR count). The molecule has 0 saturated carbocycles. The molecule has 0 unspecified atom stereocenters. The molecule has 1 saturated heterocycles. The van der Waals surface area contributed by atoms with Crippen LogP contribution in [0.2, 0.25) is 0 Å². The summed E-state index contributed by atoms with van der Waals surface area (Å²) < 4.78 is 0.493. The molecular formula is C22H16N2O3S2. The van der Waals surface area contributed by atoms with Gasteiger partial charge in [0.15, 0.2) is 4.32 Å². The number of anilines is 1. The molecule has 144 valence electrons. The van der Waals surface area contributed by atoms with Gasteiger partial charge in [-0.05, 0) is 60.5 Å². The first-order valence-corrected chi connectivity index (χ1v) is 10.0. The predicted octanol–water partition coefficient (Wildman–Crippen LogP) is 5.09. The quantitative estimate of drug-likeness (QED) is 0.454. The Bertz CT molecular complexity index is 1180. The summed E-state index contributed by atoms with van der Waals surface area (Å²) in [6, 6.07) is 18.0. The molecule has 1 aliphatic heterocycles. The number of H-pyrrole nitrogens is 1. The standard InChI is InChI=1S/C22H16N2O3S2/c1-13-4-2-7-17(10-13)24-20(25)19(29-22(24)28)12-16-8-9-18(23-16)14-5-3-6-15(11-14)21(26)27/h2-12,23H,1H3,(H,26,27)/b19-12-. The van der Waals surface area contributed by atoms with E-state index in [-0.39, 0.29) is 11.5 Å². The third-order valence-corrected chi connectivity index (χ3v) is 5.77. The molecule has 0 atom stereocenters. The number of hydrogen-bond acceptors (Lipinski definition) is 4. The van der Waals surface area contributed by atoms with Gasteiger partial charge in [0.05, 0.1) is 16.2 Å². The third-order valence-electron chi connectivity index (χ3n) is 4.47. The maximum Gasteiger partial charge on any atom is 0.335 e. The number of nitrogens with zero attached hydrogens (tertiary/aromatic N) is 1. The zero-order valence-electron chi connectivity index (χ0n) is 15.4. The first kappa shape index (κ1) is 19.2. The van der Waals surface area contributed by atoms with E-state index in [4.69, 9.17) is 17.3 Å². The summed E-state index contributed by atoms with van der Waals surface area (Å²) in [6.45, 7) is 1.97. The van der Waals surface area contributed by atoms with Crippen LogP contribution >= 0.6 is 24.0 Å². The minimum absolute atomic E-state index is 0.158. The van der Waals surface area contributed by atoms with Gasteiger partial charge in [-0.2, -0.15) is 0 Å². The topological polar surface area (TPSA) is 73.4 Å². The zero-order valence-corrected chi connectivity index (χ0v) is 17.0. The van der Waals surface area contributed by atoms with Crippen molar-refractivity contribution in [1.82, 2.24) is 4.98 Å². The van der Waals surface area contributed by atoms with Crippen LogP contribution in [0.1, 0.15) is 21.6 Å². The molecule has 5 nitrogen and oxygen atoms in total. The van der Waals surface area contributed by atoms with Gasteiger partial charge in [-0.15, -0.1) is 0 Å². The molecule has 0 radical (unpaired) electrons. The molecular weight excluding hydrogens is 404 g/mol. The van der Waals surface area contributed by atoms with Gasteiger partial charge in [0, 0.05) is 11.4 Å². The molecule has 1 aliphatic rings. The van der Waals surface area contributed by atoms with E-state index in [0.717, 1.165) is 28.2 Å². The van der Waals surface area contributed by atoms with Crippen LogP contribution in [0.15, 0.2) is 65.6 Å². The number of carboxylic acids is 1. The summed E-state index contributed by atoms with van der Waals surface area (Å²) in [7, 11) is 0. The first-order valence-electron chi connectivity index (χ1n) is 8.80. The Labute approximate surface area is 177 Å². The van der Waals surface area contributed by atoms with Crippen molar-refractivity contribution in [1.29, 1.82) is 0 Å². The summed E-state index contributed by atoms with van der Waals surface area (Å²) in [5.41, 5.74) is 4.31. The number of rotatable bonds is 4. The van der Waals surface area contributed by atoms with Crippen molar-refractivity contribution in [3.63, 3.8) is 0 Å². The van der Waals surface area contributed by atoms with E-state index >= 15 is 0 Å². The van der Waals surface area contributed by atoms with E-state index in [1.807, 2.05) is 49.4 Å². The highest BCUT2D eigenvalue weighted by atomic mass is 32.2. The Morgan fingerprint density at radius 2 is 1.93 bits per heavy atom. The van der Waals surface area contributed by atoms with E-state index in [9.17, 15) is 9.59 Å². The number of thioether (sulfide) groups is 1. The van der Waals surface area contributed by atoms with Gasteiger partial charge in [0.2, 0.25) is 0 Å². The smallest absolute Gasteiger partial charge is 0.335 e. The van der Waals surface area contributed by atoms with Crippen LogP contribution in [0.4, 0.5) is 5.69 Å². The molecule has 1 amide bonds. The van der Waals surface area contributed by atoms with Crippen LogP contribution in [0.5, 0.6) is 0 Å². The SMILES string of the molecule is Cc1cccc(N2C(=O)/C(=C/c3ccc(-c4cccc(C(=O)O)c4)[nH]3)SC2=S)c1. The number of aryl methyl sites for hydroxylation is 1. The van der Waals surface area contributed by atoms with Gasteiger partial charge >= 0.3 is 5.97 Å². The second-order valence-corrected chi connectivity index (χ2v) is 8.25. The molecule has 2 aromatic carbocycles. The fraction of sp³-hybridized carbons (Fsp3) is 0.0455. The summed E-state index contributed by atoms with van der Waals surface area (Å²) in [5.74, 6) is -1.13. The van der Waals surface area contributed by atoms with Gasteiger partial charge < -0.3 is 10.1 Å². The van der Waals surface area contributed by atoms with Crippen LogP contribution in [0, 0.1) is 6.92 Å². The molecule has 0 bridgehead atoms. The number of aromatic amines is 1. The van der Waals surface area contributed by atoms with Crippen molar-refractivity contribution >= 4 is 51.9 Å².